The van der Waals surface area contributed by atoms with Gasteiger partial charge >= 0.3 is 0 Å². The minimum atomic E-state index is -0.00843. The van der Waals surface area contributed by atoms with E-state index in [1.54, 1.807) is 0 Å². The van der Waals surface area contributed by atoms with Crippen LogP contribution in [-0.4, -0.2) is 16.6 Å². The summed E-state index contributed by atoms with van der Waals surface area (Å²) < 4.78 is 5.44. The Morgan fingerprint density at radius 1 is 1.57 bits per heavy atom. The van der Waals surface area contributed by atoms with E-state index in [-0.39, 0.29) is 6.10 Å². The van der Waals surface area contributed by atoms with Crippen molar-refractivity contribution in [2.24, 2.45) is 0 Å². The first-order chi connectivity index (χ1) is 6.81. The van der Waals surface area contributed by atoms with Gasteiger partial charge in [0.2, 0.25) is 0 Å². The Balaban J connectivity index is 2.19. The lowest BCUT2D eigenvalue weighted by Gasteiger charge is -2.10. The number of ether oxygens (including phenoxy) is 1. The van der Waals surface area contributed by atoms with E-state index < -0.39 is 0 Å². The monoisotopic (exact) mass is 193 g/mol. The van der Waals surface area contributed by atoms with Gasteiger partial charge in [0.15, 0.2) is 5.82 Å². The molecule has 76 valence electrons. The zero-order valence-corrected chi connectivity index (χ0v) is 8.58. The third kappa shape index (κ3) is 1.76. The van der Waals surface area contributed by atoms with Crippen LogP contribution < -0.4 is 5.32 Å². The molecular weight excluding hydrogens is 178 g/mol. The van der Waals surface area contributed by atoms with Crippen LogP contribution >= 0.6 is 0 Å². The van der Waals surface area contributed by atoms with Crippen molar-refractivity contribution in [1.82, 2.24) is 15.3 Å². The molecule has 1 unspecified atom stereocenters. The molecule has 2 heterocycles. The number of hydrogen-bond donors (Lipinski definition) is 1. The van der Waals surface area contributed by atoms with Gasteiger partial charge in [-0.25, -0.2) is 9.97 Å². The van der Waals surface area contributed by atoms with Crippen LogP contribution in [0.3, 0.4) is 0 Å². The molecule has 0 saturated heterocycles. The molecule has 0 aliphatic carbocycles. The van der Waals surface area contributed by atoms with Crippen LogP contribution in [0.4, 0.5) is 0 Å². The molecule has 0 bridgehead atoms. The third-order valence-electron chi connectivity index (χ3n) is 2.36. The quantitative estimate of drug-likeness (QED) is 0.783. The number of nitrogens with one attached hydrogen (secondary N) is 1. The molecule has 1 atom stereocenters. The van der Waals surface area contributed by atoms with Crippen LogP contribution in [0.25, 0.3) is 0 Å². The number of rotatable bonds is 3. The fourth-order valence-corrected chi connectivity index (χ4v) is 1.59. The van der Waals surface area contributed by atoms with Gasteiger partial charge in [0.1, 0.15) is 6.10 Å². The van der Waals surface area contributed by atoms with Gasteiger partial charge in [-0.05, 0) is 13.8 Å². The van der Waals surface area contributed by atoms with Crippen LogP contribution in [0.2, 0.25) is 0 Å². The topological polar surface area (TPSA) is 47.0 Å². The molecule has 0 aromatic carbocycles. The van der Waals surface area contributed by atoms with Crippen molar-refractivity contribution >= 4 is 0 Å². The van der Waals surface area contributed by atoms with Crippen LogP contribution in [0.1, 0.15) is 37.0 Å². The minimum Gasteiger partial charge on any atom is -0.371 e. The highest BCUT2D eigenvalue weighted by Gasteiger charge is 2.15. The summed E-state index contributed by atoms with van der Waals surface area (Å²) in [6.45, 7) is 6.39. The first-order valence-corrected chi connectivity index (χ1v) is 4.98. The van der Waals surface area contributed by atoms with Crippen molar-refractivity contribution in [3.05, 3.63) is 23.3 Å². The standard InChI is InChI=1S/C10H15N3O/c1-3-14-7(2)10-12-5-8-4-11-6-9(8)13-10/h5,7,11H,3-4,6H2,1-2H3. The van der Waals surface area contributed by atoms with Crippen LogP contribution in [0.15, 0.2) is 6.20 Å². The molecule has 4 heteroatoms. The zero-order valence-electron chi connectivity index (χ0n) is 8.58. The predicted octanol–water partition coefficient (Wildman–Crippen LogP) is 1.18. The summed E-state index contributed by atoms with van der Waals surface area (Å²) in [5.74, 6) is 0.786. The molecule has 0 saturated carbocycles. The Morgan fingerprint density at radius 2 is 2.43 bits per heavy atom. The molecular formula is C10H15N3O. The third-order valence-corrected chi connectivity index (χ3v) is 2.36. The molecule has 1 aliphatic rings. The van der Waals surface area contributed by atoms with Crippen molar-refractivity contribution in [3.63, 3.8) is 0 Å². The predicted molar refractivity (Wildman–Crippen MR) is 52.6 cm³/mol. The van der Waals surface area contributed by atoms with Gasteiger partial charge < -0.3 is 10.1 Å². The Hall–Kier alpha value is -1.00. The van der Waals surface area contributed by atoms with E-state index in [1.807, 2.05) is 20.0 Å². The van der Waals surface area contributed by atoms with E-state index in [0.717, 1.165) is 24.6 Å². The van der Waals surface area contributed by atoms with Crippen molar-refractivity contribution in [3.8, 4) is 0 Å². The maximum atomic E-state index is 5.44. The molecule has 0 spiro atoms. The summed E-state index contributed by atoms with van der Waals surface area (Å²) in [7, 11) is 0. The second-order valence-electron chi connectivity index (χ2n) is 3.40. The van der Waals surface area contributed by atoms with Crippen LogP contribution in [0.5, 0.6) is 0 Å². The maximum absolute atomic E-state index is 5.44. The van der Waals surface area contributed by atoms with Crippen molar-refractivity contribution in [1.29, 1.82) is 0 Å². The van der Waals surface area contributed by atoms with E-state index in [2.05, 4.69) is 15.3 Å². The molecule has 1 aromatic rings. The number of hydrogen-bond acceptors (Lipinski definition) is 4. The minimum absolute atomic E-state index is 0.00843. The normalized spacial score (nSPS) is 16.7. The van der Waals surface area contributed by atoms with Crippen molar-refractivity contribution < 1.29 is 4.74 Å². The zero-order chi connectivity index (χ0) is 9.97. The Bertz CT molecular complexity index is 327. The molecule has 0 amide bonds. The summed E-state index contributed by atoms with van der Waals surface area (Å²) in [4.78, 5) is 8.77. The SMILES string of the molecule is CCOC(C)c1ncc2c(n1)CNC2. The highest BCUT2D eigenvalue weighted by Crippen LogP contribution is 2.16. The molecule has 0 fully saturated rings. The van der Waals surface area contributed by atoms with E-state index in [9.17, 15) is 0 Å². The average Bonchev–Trinajstić information content (AvgIpc) is 2.64. The molecule has 1 aromatic heterocycles. The van der Waals surface area contributed by atoms with Crippen LogP contribution in [-0.2, 0) is 17.8 Å². The lowest BCUT2D eigenvalue weighted by molar-refractivity contribution is 0.0699. The summed E-state index contributed by atoms with van der Waals surface area (Å²) >= 11 is 0. The summed E-state index contributed by atoms with van der Waals surface area (Å²) in [5.41, 5.74) is 2.32. The second kappa shape index (κ2) is 4.02. The molecule has 14 heavy (non-hydrogen) atoms. The maximum Gasteiger partial charge on any atom is 0.157 e. The lowest BCUT2D eigenvalue weighted by atomic mass is 10.2. The lowest BCUT2D eigenvalue weighted by Crippen LogP contribution is -2.07. The molecule has 2 rings (SSSR count). The molecule has 1 aliphatic heterocycles. The van der Waals surface area contributed by atoms with Crippen molar-refractivity contribution in [2.45, 2.75) is 33.0 Å². The number of nitrogens with zero attached hydrogens (tertiary/aromatic N) is 2. The average molecular weight is 193 g/mol. The number of aromatic nitrogens is 2. The molecule has 4 nitrogen and oxygen atoms in total. The first kappa shape index (κ1) is 9.55. The largest absolute Gasteiger partial charge is 0.371 e. The Morgan fingerprint density at radius 3 is 3.21 bits per heavy atom. The Labute approximate surface area is 83.7 Å². The van der Waals surface area contributed by atoms with Gasteiger partial charge in [0.25, 0.3) is 0 Å². The van der Waals surface area contributed by atoms with Gasteiger partial charge in [0.05, 0.1) is 5.69 Å². The fraction of sp³-hybridized carbons (Fsp3) is 0.600. The van der Waals surface area contributed by atoms with Gasteiger partial charge in [-0.3, -0.25) is 0 Å². The highest BCUT2D eigenvalue weighted by atomic mass is 16.5. The van der Waals surface area contributed by atoms with E-state index in [1.165, 1.54) is 5.56 Å². The summed E-state index contributed by atoms with van der Waals surface area (Å²) in [6, 6.07) is 0. The fourth-order valence-electron chi connectivity index (χ4n) is 1.59. The van der Waals surface area contributed by atoms with Gasteiger partial charge in [-0.2, -0.15) is 0 Å². The van der Waals surface area contributed by atoms with Crippen LogP contribution in [0, 0.1) is 0 Å². The first-order valence-electron chi connectivity index (χ1n) is 4.98. The van der Waals surface area contributed by atoms with E-state index in [4.69, 9.17) is 4.74 Å². The van der Waals surface area contributed by atoms with Gasteiger partial charge in [-0.1, -0.05) is 0 Å². The molecule has 0 radical (unpaired) electrons. The number of fused-ring (bicyclic) bond motifs is 1. The molecule has 1 N–H and O–H groups in total. The van der Waals surface area contributed by atoms with Gasteiger partial charge in [0, 0.05) is 31.5 Å². The second-order valence-corrected chi connectivity index (χ2v) is 3.40. The summed E-state index contributed by atoms with van der Waals surface area (Å²) in [5, 5.41) is 3.24. The highest BCUT2D eigenvalue weighted by molar-refractivity contribution is 5.21. The van der Waals surface area contributed by atoms with E-state index >= 15 is 0 Å². The summed E-state index contributed by atoms with van der Waals surface area (Å²) in [6.07, 6.45) is 1.89. The van der Waals surface area contributed by atoms with Gasteiger partial charge in [-0.15, -0.1) is 0 Å². The van der Waals surface area contributed by atoms with Crippen molar-refractivity contribution in [2.75, 3.05) is 6.61 Å². The Kier molecular flexibility index (Phi) is 2.74. The smallest absolute Gasteiger partial charge is 0.157 e. The van der Waals surface area contributed by atoms with E-state index in [0.29, 0.717) is 6.61 Å².